The van der Waals surface area contributed by atoms with Gasteiger partial charge in [0.05, 0.1) is 16.7 Å². The van der Waals surface area contributed by atoms with Crippen LogP contribution in [0.2, 0.25) is 5.02 Å². The van der Waals surface area contributed by atoms with E-state index in [0.29, 0.717) is 17.1 Å². The van der Waals surface area contributed by atoms with Crippen LogP contribution in [-0.2, 0) is 9.53 Å². The molecule has 1 aliphatic heterocycles. The predicted molar refractivity (Wildman–Crippen MR) is 80.4 cm³/mol. The zero-order valence-corrected chi connectivity index (χ0v) is 12.7. The fourth-order valence-corrected chi connectivity index (χ4v) is 2.38. The van der Waals surface area contributed by atoms with Gasteiger partial charge >= 0.3 is 0 Å². The summed E-state index contributed by atoms with van der Waals surface area (Å²) in [5.41, 5.74) is 0.359. The van der Waals surface area contributed by atoms with E-state index in [0.717, 1.165) is 19.4 Å². The van der Waals surface area contributed by atoms with E-state index in [1.807, 2.05) is 0 Å². The second-order valence-corrected chi connectivity index (χ2v) is 5.46. The second kappa shape index (κ2) is 7.43. The number of carbonyl (C=O) groups excluding carboxylic acids is 2. The van der Waals surface area contributed by atoms with Crippen LogP contribution in [0.1, 0.15) is 30.1 Å². The van der Waals surface area contributed by atoms with Crippen molar-refractivity contribution in [3.63, 3.8) is 0 Å². The minimum absolute atomic E-state index is 0.0837. The second-order valence-electron chi connectivity index (χ2n) is 5.06. The van der Waals surface area contributed by atoms with E-state index >= 15 is 0 Å². The van der Waals surface area contributed by atoms with Gasteiger partial charge in [-0.1, -0.05) is 23.7 Å². The average Bonchev–Trinajstić information content (AvgIpc) is 2.98. The molecule has 1 aromatic rings. The van der Waals surface area contributed by atoms with Crippen LogP contribution in [0.4, 0.5) is 0 Å². The average molecular weight is 311 g/mol. The van der Waals surface area contributed by atoms with Gasteiger partial charge in [-0.3, -0.25) is 9.59 Å². The maximum Gasteiger partial charge on any atom is 0.253 e. The van der Waals surface area contributed by atoms with Gasteiger partial charge in [0.2, 0.25) is 5.91 Å². The van der Waals surface area contributed by atoms with E-state index in [1.165, 1.54) is 0 Å². The highest BCUT2D eigenvalue weighted by Gasteiger charge is 2.20. The number of benzene rings is 1. The number of ether oxygens (including phenoxy) is 1. The van der Waals surface area contributed by atoms with Crippen LogP contribution in [0.3, 0.4) is 0 Å². The van der Waals surface area contributed by atoms with Crippen molar-refractivity contribution in [3.8, 4) is 0 Å². The summed E-state index contributed by atoms with van der Waals surface area (Å²) in [6.45, 7) is 2.87. The van der Waals surface area contributed by atoms with E-state index in [-0.39, 0.29) is 17.9 Å². The van der Waals surface area contributed by atoms with Gasteiger partial charge in [0.25, 0.3) is 5.91 Å². The lowest BCUT2D eigenvalue weighted by atomic mass is 10.2. The normalized spacial score (nSPS) is 19.0. The van der Waals surface area contributed by atoms with Crippen molar-refractivity contribution in [2.45, 2.75) is 31.9 Å². The highest BCUT2D eigenvalue weighted by atomic mass is 35.5. The summed E-state index contributed by atoms with van der Waals surface area (Å²) >= 11 is 5.95. The Bertz CT molecular complexity index is 515. The quantitative estimate of drug-likeness (QED) is 0.870. The third-order valence-electron chi connectivity index (χ3n) is 3.39. The van der Waals surface area contributed by atoms with Gasteiger partial charge in [-0.15, -0.1) is 0 Å². The summed E-state index contributed by atoms with van der Waals surface area (Å²) in [6.07, 6.45) is 2.07. The van der Waals surface area contributed by atoms with E-state index < -0.39 is 6.04 Å². The van der Waals surface area contributed by atoms with Gasteiger partial charge < -0.3 is 15.4 Å². The molecule has 2 amide bonds. The Morgan fingerprint density at radius 3 is 2.86 bits per heavy atom. The summed E-state index contributed by atoms with van der Waals surface area (Å²) in [5.74, 6) is -0.591. The topological polar surface area (TPSA) is 67.4 Å². The van der Waals surface area contributed by atoms with Crippen molar-refractivity contribution < 1.29 is 14.3 Å². The van der Waals surface area contributed by atoms with E-state index in [4.69, 9.17) is 16.3 Å². The molecule has 0 unspecified atom stereocenters. The van der Waals surface area contributed by atoms with Crippen molar-refractivity contribution in [1.82, 2.24) is 10.6 Å². The lowest BCUT2D eigenvalue weighted by Crippen LogP contribution is -2.46. The summed E-state index contributed by atoms with van der Waals surface area (Å²) in [6, 6.07) is 6.10. The van der Waals surface area contributed by atoms with Gasteiger partial charge in [-0.2, -0.15) is 0 Å². The fourth-order valence-electron chi connectivity index (χ4n) is 2.16. The van der Waals surface area contributed by atoms with E-state index in [1.54, 1.807) is 31.2 Å². The molecule has 0 bridgehead atoms. The Balaban J connectivity index is 1.82. The molecule has 0 saturated carbocycles. The standard InChI is InChI=1S/C15H19ClN2O3/c1-10(14(19)17-9-11-5-4-8-21-11)18-15(20)12-6-2-3-7-13(12)16/h2-3,6-7,10-11H,4-5,8-9H2,1H3,(H,17,19)(H,18,20)/t10-,11-/m1/s1. The summed E-state index contributed by atoms with van der Waals surface area (Å²) in [4.78, 5) is 24.0. The van der Waals surface area contributed by atoms with Crippen molar-refractivity contribution in [2.75, 3.05) is 13.2 Å². The maximum atomic E-state index is 12.0. The SMILES string of the molecule is C[C@@H](NC(=O)c1ccccc1Cl)C(=O)NC[C@H]1CCCO1. The maximum absolute atomic E-state index is 12.0. The highest BCUT2D eigenvalue weighted by molar-refractivity contribution is 6.33. The number of hydrogen-bond donors (Lipinski definition) is 2. The molecule has 1 heterocycles. The Morgan fingerprint density at radius 2 is 2.19 bits per heavy atom. The lowest BCUT2D eigenvalue weighted by molar-refractivity contribution is -0.123. The number of hydrogen-bond acceptors (Lipinski definition) is 3. The van der Waals surface area contributed by atoms with Crippen molar-refractivity contribution in [2.24, 2.45) is 0 Å². The molecule has 2 N–H and O–H groups in total. The Labute approximate surface area is 129 Å². The molecule has 0 aliphatic carbocycles. The molecule has 1 fully saturated rings. The summed E-state index contributed by atoms with van der Waals surface area (Å²) in [5, 5.41) is 5.78. The summed E-state index contributed by atoms with van der Waals surface area (Å²) < 4.78 is 5.43. The molecule has 1 saturated heterocycles. The van der Waals surface area contributed by atoms with Crippen LogP contribution in [-0.4, -0.2) is 37.1 Å². The number of rotatable bonds is 5. The number of nitrogens with one attached hydrogen (secondary N) is 2. The largest absolute Gasteiger partial charge is 0.376 e. The Morgan fingerprint density at radius 1 is 1.43 bits per heavy atom. The lowest BCUT2D eigenvalue weighted by Gasteiger charge is -2.16. The first kappa shape index (κ1) is 15.8. The number of halogens is 1. The zero-order valence-electron chi connectivity index (χ0n) is 11.9. The first-order chi connectivity index (χ1) is 10.1. The monoisotopic (exact) mass is 310 g/mol. The molecule has 21 heavy (non-hydrogen) atoms. The highest BCUT2D eigenvalue weighted by Crippen LogP contribution is 2.14. The van der Waals surface area contributed by atoms with Gasteiger partial charge in [0, 0.05) is 13.2 Å². The molecule has 114 valence electrons. The van der Waals surface area contributed by atoms with Crippen LogP contribution in [0, 0.1) is 0 Å². The van der Waals surface area contributed by atoms with Crippen LogP contribution in [0.25, 0.3) is 0 Å². The van der Waals surface area contributed by atoms with Crippen LogP contribution in [0.15, 0.2) is 24.3 Å². The third-order valence-corrected chi connectivity index (χ3v) is 3.72. The first-order valence-electron chi connectivity index (χ1n) is 7.02. The molecule has 6 heteroatoms. The molecule has 0 spiro atoms. The number of carbonyl (C=O) groups is 2. The van der Waals surface area contributed by atoms with Crippen molar-refractivity contribution in [3.05, 3.63) is 34.9 Å². The molecule has 2 atom stereocenters. The first-order valence-corrected chi connectivity index (χ1v) is 7.40. The van der Waals surface area contributed by atoms with E-state index in [9.17, 15) is 9.59 Å². The van der Waals surface area contributed by atoms with Gasteiger partial charge in [-0.05, 0) is 31.9 Å². The fraction of sp³-hybridized carbons (Fsp3) is 0.467. The smallest absolute Gasteiger partial charge is 0.253 e. The van der Waals surface area contributed by atoms with Crippen LogP contribution in [0.5, 0.6) is 0 Å². The Kier molecular flexibility index (Phi) is 5.59. The Hall–Kier alpha value is -1.59. The summed E-state index contributed by atoms with van der Waals surface area (Å²) in [7, 11) is 0. The molecule has 1 aromatic carbocycles. The number of amides is 2. The molecule has 0 radical (unpaired) electrons. The van der Waals surface area contributed by atoms with Gasteiger partial charge in [-0.25, -0.2) is 0 Å². The van der Waals surface area contributed by atoms with E-state index in [2.05, 4.69) is 10.6 Å². The van der Waals surface area contributed by atoms with Gasteiger partial charge in [0.1, 0.15) is 6.04 Å². The van der Waals surface area contributed by atoms with Crippen LogP contribution < -0.4 is 10.6 Å². The minimum Gasteiger partial charge on any atom is -0.376 e. The zero-order chi connectivity index (χ0) is 15.2. The predicted octanol–water partition coefficient (Wildman–Crippen LogP) is 1.75. The molecule has 1 aliphatic rings. The molecular formula is C15H19ClN2O3. The van der Waals surface area contributed by atoms with Gasteiger partial charge in [0.15, 0.2) is 0 Å². The molecule has 0 aromatic heterocycles. The molecule has 5 nitrogen and oxygen atoms in total. The minimum atomic E-state index is -0.629. The molecule has 2 rings (SSSR count). The van der Waals surface area contributed by atoms with Crippen molar-refractivity contribution in [1.29, 1.82) is 0 Å². The third kappa shape index (κ3) is 4.44. The molecular weight excluding hydrogens is 292 g/mol. The van der Waals surface area contributed by atoms with Crippen molar-refractivity contribution >= 4 is 23.4 Å². The van der Waals surface area contributed by atoms with Crippen LogP contribution >= 0.6 is 11.6 Å².